The van der Waals surface area contributed by atoms with Gasteiger partial charge < -0.3 is 19.0 Å². The topological polar surface area (TPSA) is 85.0 Å². The van der Waals surface area contributed by atoms with Crippen molar-refractivity contribution in [3.05, 3.63) is 41.6 Å². The summed E-state index contributed by atoms with van der Waals surface area (Å²) < 4.78 is 16.1. The van der Waals surface area contributed by atoms with Gasteiger partial charge in [-0.25, -0.2) is 9.78 Å². The maximum absolute atomic E-state index is 10.9. The van der Waals surface area contributed by atoms with E-state index in [-0.39, 0.29) is 11.7 Å². The zero-order valence-electron chi connectivity index (χ0n) is 13.7. The van der Waals surface area contributed by atoms with Gasteiger partial charge in [0.15, 0.2) is 5.69 Å². The number of carboxylic acids is 1. The molecule has 1 N–H and O–H groups in total. The van der Waals surface area contributed by atoms with E-state index in [4.69, 9.17) is 19.0 Å². The van der Waals surface area contributed by atoms with Crippen molar-refractivity contribution < 1.29 is 23.8 Å². The third-order valence-electron chi connectivity index (χ3n) is 4.27. The highest BCUT2D eigenvalue weighted by Gasteiger charge is 2.30. The molecule has 1 aromatic heterocycles. The van der Waals surface area contributed by atoms with E-state index in [1.54, 1.807) is 14.2 Å². The van der Waals surface area contributed by atoms with Crippen LogP contribution in [0.4, 0.5) is 0 Å². The molecule has 0 bridgehead atoms. The minimum atomic E-state index is -1.09. The Morgan fingerprint density at radius 3 is 2.92 bits per heavy atom. The average Bonchev–Trinajstić information content (AvgIpc) is 3.24. The lowest BCUT2D eigenvalue weighted by Gasteiger charge is -2.25. The SMILES string of the molecule is COc1ccc(OC)c(C2CCCN2Cc2nc(C(=O)O)co2)c1. The van der Waals surface area contributed by atoms with Crippen LogP contribution in [-0.4, -0.2) is 41.7 Å². The molecule has 0 radical (unpaired) electrons. The number of aromatic nitrogens is 1. The van der Waals surface area contributed by atoms with Gasteiger partial charge in [-0.1, -0.05) is 0 Å². The zero-order chi connectivity index (χ0) is 17.1. The Labute approximate surface area is 139 Å². The first-order chi connectivity index (χ1) is 11.6. The van der Waals surface area contributed by atoms with Crippen LogP contribution in [-0.2, 0) is 6.54 Å². The summed E-state index contributed by atoms with van der Waals surface area (Å²) >= 11 is 0. The van der Waals surface area contributed by atoms with Crippen molar-refractivity contribution in [2.24, 2.45) is 0 Å². The predicted molar refractivity (Wildman–Crippen MR) is 85.4 cm³/mol. The Morgan fingerprint density at radius 1 is 1.42 bits per heavy atom. The van der Waals surface area contributed by atoms with E-state index in [2.05, 4.69) is 9.88 Å². The molecule has 0 saturated carbocycles. The molecule has 1 aliphatic heterocycles. The van der Waals surface area contributed by atoms with Gasteiger partial charge in [0.2, 0.25) is 5.89 Å². The highest BCUT2D eigenvalue weighted by atomic mass is 16.5. The molecule has 3 rings (SSSR count). The zero-order valence-corrected chi connectivity index (χ0v) is 13.7. The normalized spacial score (nSPS) is 17.8. The van der Waals surface area contributed by atoms with Crippen molar-refractivity contribution in [2.45, 2.75) is 25.4 Å². The fraction of sp³-hybridized carbons (Fsp3) is 0.412. The first-order valence-corrected chi connectivity index (χ1v) is 7.76. The second-order valence-electron chi connectivity index (χ2n) is 5.67. The quantitative estimate of drug-likeness (QED) is 0.870. The summed E-state index contributed by atoms with van der Waals surface area (Å²) in [7, 11) is 3.29. The molecule has 1 aliphatic rings. The van der Waals surface area contributed by atoms with Gasteiger partial charge in [-0.3, -0.25) is 4.90 Å². The van der Waals surface area contributed by atoms with Crippen LogP contribution in [0.2, 0.25) is 0 Å². The van der Waals surface area contributed by atoms with Crippen molar-refractivity contribution in [3.63, 3.8) is 0 Å². The van der Waals surface area contributed by atoms with E-state index >= 15 is 0 Å². The third-order valence-corrected chi connectivity index (χ3v) is 4.27. The number of methoxy groups -OCH3 is 2. The number of carboxylic acid groups (broad SMARTS) is 1. The van der Waals surface area contributed by atoms with Crippen LogP contribution >= 0.6 is 0 Å². The number of benzene rings is 1. The first-order valence-electron chi connectivity index (χ1n) is 7.76. The van der Waals surface area contributed by atoms with E-state index < -0.39 is 5.97 Å². The minimum absolute atomic E-state index is 0.0697. The minimum Gasteiger partial charge on any atom is -0.497 e. The highest BCUT2D eigenvalue weighted by molar-refractivity contribution is 5.84. The molecule has 1 fully saturated rings. The van der Waals surface area contributed by atoms with Crippen molar-refractivity contribution in [3.8, 4) is 11.5 Å². The molecule has 24 heavy (non-hydrogen) atoms. The summed E-state index contributed by atoms with van der Waals surface area (Å²) in [5.41, 5.74) is 0.985. The lowest BCUT2D eigenvalue weighted by molar-refractivity contribution is 0.0690. The van der Waals surface area contributed by atoms with E-state index in [0.717, 1.165) is 36.4 Å². The number of oxazole rings is 1. The van der Waals surface area contributed by atoms with E-state index in [0.29, 0.717) is 12.4 Å². The van der Waals surface area contributed by atoms with E-state index in [1.165, 1.54) is 6.26 Å². The molecular weight excluding hydrogens is 312 g/mol. The molecule has 0 amide bonds. The number of hydrogen-bond acceptors (Lipinski definition) is 6. The van der Waals surface area contributed by atoms with Gasteiger partial charge in [-0.05, 0) is 37.6 Å². The standard InChI is InChI=1S/C17H20N2O5/c1-22-11-5-6-15(23-2)12(8-11)14-4-3-7-19(14)9-16-18-13(10-24-16)17(20)21/h5-6,8,10,14H,3-4,7,9H2,1-2H3,(H,20,21). The fourth-order valence-electron chi connectivity index (χ4n) is 3.12. The first kappa shape index (κ1) is 16.3. The molecule has 1 atom stereocenters. The summed E-state index contributed by atoms with van der Waals surface area (Å²) in [6.45, 7) is 1.34. The second kappa shape index (κ2) is 6.92. The molecule has 2 aromatic rings. The molecule has 7 heteroatoms. The summed E-state index contributed by atoms with van der Waals surface area (Å²) in [5.74, 6) is 0.909. The van der Waals surface area contributed by atoms with Crippen LogP contribution in [0.1, 0.15) is 40.8 Å². The predicted octanol–water partition coefficient (Wildman–Crippen LogP) is 2.73. The Balaban J connectivity index is 1.83. The van der Waals surface area contributed by atoms with Gasteiger partial charge in [0.1, 0.15) is 17.8 Å². The lowest BCUT2D eigenvalue weighted by atomic mass is 10.0. The van der Waals surface area contributed by atoms with Crippen LogP contribution < -0.4 is 9.47 Å². The maximum Gasteiger partial charge on any atom is 0.357 e. The molecule has 2 heterocycles. The summed E-state index contributed by atoms with van der Waals surface area (Å²) in [4.78, 5) is 17.2. The molecular formula is C17H20N2O5. The van der Waals surface area contributed by atoms with Crippen molar-refractivity contribution in [2.75, 3.05) is 20.8 Å². The van der Waals surface area contributed by atoms with Crippen LogP contribution in [0.3, 0.4) is 0 Å². The Hall–Kier alpha value is -2.54. The largest absolute Gasteiger partial charge is 0.497 e. The van der Waals surface area contributed by atoms with Crippen LogP contribution in [0.25, 0.3) is 0 Å². The van der Waals surface area contributed by atoms with Crippen LogP contribution in [0.5, 0.6) is 11.5 Å². The van der Waals surface area contributed by atoms with Gasteiger partial charge >= 0.3 is 5.97 Å². The van der Waals surface area contributed by atoms with Crippen LogP contribution in [0, 0.1) is 0 Å². The van der Waals surface area contributed by atoms with Gasteiger partial charge in [0.25, 0.3) is 0 Å². The van der Waals surface area contributed by atoms with E-state index in [1.807, 2.05) is 18.2 Å². The van der Waals surface area contributed by atoms with Crippen molar-refractivity contribution in [1.29, 1.82) is 0 Å². The Morgan fingerprint density at radius 2 is 2.25 bits per heavy atom. The average molecular weight is 332 g/mol. The van der Waals surface area contributed by atoms with Crippen molar-refractivity contribution in [1.82, 2.24) is 9.88 Å². The molecule has 1 aromatic carbocycles. The number of nitrogens with zero attached hydrogens (tertiary/aromatic N) is 2. The maximum atomic E-state index is 10.9. The monoisotopic (exact) mass is 332 g/mol. The molecule has 7 nitrogen and oxygen atoms in total. The molecule has 128 valence electrons. The highest BCUT2D eigenvalue weighted by Crippen LogP contribution is 2.39. The van der Waals surface area contributed by atoms with Crippen molar-refractivity contribution >= 4 is 5.97 Å². The lowest BCUT2D eigenvalue weighted by Crippen LogP contribution is -2.23. The third kappa shape index (κ3) is 3.21. The summed E-state index contributed by atoms with van der Waals surface area (Å²) in [5, 5.41) is 8.95. The molecule has 1 saturated heterocycles. The van der Waals surface area contributed by atoms with Gasteiger partial charge in [-0.15, -0.1) is 0 Å². The number of rotatable bonds is 6. The fourth-order valence-corrected chi connectivity index (χ4v) is 3.12. The molecule has 0 spiro atoms. The number of aromatic carboxylic acids is 1. The number of hydrogen-bond donors (Lipinski definition) is 1. The molecule has 1 unspecified atom stereocenters. The number of ether oxygens (including phenoxy) is 2. The Bertz CT molecular complexity index is 728. The number of likely N-dealkylation sites (tertiary alicyclic amines) is 1. The summed E-state index contributed by atoms with van der Waals surface area (Å²) in [6.07, 6.45) is 3.20. The summed E-state index contributed by atoms with van der Waals surface area (Å²) in [6, 6.07) is 5.91. The van der Waals surface area contributed by atoms with Crippen LogP contribution in [0.15, 0.2) is 28.9 Å². The Kier molecular flexibility index (Phi) is 4.71. The van der Waals surface area contributed by atoms with E-state index in [9.17, 15) is 4.79 Å². The second-order valence-corrected chi connectivity index (χ2v) is 5.67. The number of carbonyl (C=O) groups is 1. The van der Waals surface area contributed by atoms with Gasteiger partial charge in [0.05, 0.1) is 20.8 Å². The van der Waals surface area contributed by atoms with Gasteiger partial charge in [-0.2, -0.15) is 0 Å². The van der Waals surface area contributed by atoms with Gasteiger partial charge in [0, 0.05) is 11.6 Å². The smallest absolute Gasteiger partial charge is 0.357 e. The molecule has 0 aliphatic carbocycles.